The summed E-state index contributed by atoms with van der Waals surface area (Å²) in [6.45, 7) is 12.8. The highest BCUT2D eigenvalue weighted by atomic mass is 16.6. The van der Waals surface area contributed by atoms with E-state index in [4.69, 9.17) is 4.74 Å². The van der Waals surface area contributed by atoms with Crippen LogP contribution in [0.25, 0.3) is 0 Å². The van der Waals surface area contributed by atoms with Gasteiger partial charge in [-0.05, 0) is 78.5 Å². The van der Waals surface area contributed by atoms with Crippen molar-refractivity contribution >= 4 is 23.6 Å². The molecule has 7 nitrogen and oxygen atoms in total. The van der Waals surface area contributed by atoms with Gasteiger partial charge in [-0.25, -0.2) is 4.79 Å². The largest absolute Gasteiger partial charge is 0.444 e. The Morgan fingerprint density at radius 2 is 1.60 bits per heavy atom. The van der Waals surface area contributed by atoms with Crippen LogP contribution in [0.2, 0.25) is 0 Å². The number of para-hydroxylation sites is 1. The van der Waals surface area contributed by atoms with Crippen molar-refractivity contribution in [2.24, 2.45) is 0 Å². The Kier molecular flexibility index (Phi) is 7.88. The number of carbonyl (C=O) groups is 3. The minimum absolute atomic E-state index is 0.0705. The molecule has 35 heavy (non-hydrogen) atoms. The summed E-state index contributed by atoms with van der Waals surface area (Å²) in [6, 6.07) is 11.7. The zero-order valence-corrected chi connectivity index (χ0v) is 21.8. The van der Waals surface area contributed by atoms with Crippen molar-refractivity contribution in [1.82, 2.24) is 10.2 Å². The van der Waals surface area contributed by atoms with Crippen LogP contribution >= 0.6 is 0 Å². The van der Waals surface area contributed by atoms with Crippen LogP contribution in [0, 0.1) is 20.8 Å². The molecular formula is C28H37N3O4. The van der Waals surface area contributed by atoms with Crippen molar-refractivity contribution in [2.45, 2.75) is 85.0 Å². The average Bonchev–Trinajstić information content (AvgIpc) is 3.55. The van der Waals surface area contributed by atoms with E-state index in [1.807, 2.05) is 63.2 Å². The van der Waals surface area contributed by atoms with Crippen LogP contribution in [0.5, 0.6) is 0 Å². The SMILES string of the molecule is Cc1cc(C)cc(C(C(=O)Nc2ccccc2C)N(C(=O)C(C)NC(=O)OC(C)(C)C)C2CC2)c1. The van der Waals surface area contributed by atoms with Crippen LogP contribution in [0.4, 0.5) is 10.5 Å². The van der Waals surface area contributed by atoms with Crippen molar-refractivity contribution in [1.29, 1.82) is 0 Å². The molecule has 3 rings (SSSR count). The van der Waals surface area contributed by atoms with Gasteiger partial charge in [-0.2, -0.15) is 0 Å². The fourth-order valence-electron chi connectivity index (χ4n) is 4.16. The number of nitrogens with zero attached hydrogens (tertiary/aromatic N) is 1. The molecule has 188 valence electrons. The molecule has 0 aliphatic heterocycles. The second kappa shape index (κ2) is 10.5. The maximum atomic E-state index is 13.8. The Balaban J connectivity index is 1.95. The van der Waals surface area contributed by atoms with Crippen LogP contribution < -0.4 is 10.6 Å². The second-order valence-electron chi connectivity index (χ2n) is 10.5. The second-order valence-corrected chi connectivity index (χ2v) is 10.5. The summed E-state index contributed by atoms with van der Waals surface area (Å²) >= 11 is 0. The van der Waals surface area contributed by atoms with E-state index in [1.54, 1.807) is 32.6 Å². The first-order chi connectivity index (χ1) is 16.4. The van der Waals surface area contributed by atoms with Gasteiger partial charge in [0.1, 0.15) is 17.7 Å². The van der Waals surface area contributed by atoms with Crippen LogP contribution in [0.3, 0.4) is 0 Å². The van der Waals surface area contributed by atoms with Gasteiger partial charge in [0.2, 0.25) is 5.91 Å². The predicted molar refractivity (Wildman–Crippen MR) is 137 cm³/mol. The topological polar surface area (TPSA) is 87.7 Å². The zero-order chi connectivity index (χ0) is 25.9. The van der Waals surface area contributed by atoms with Crippen molar-refractivity contribution < 1.29 is 19.1 Å². The molecule has 0 spiro atoms. The Hall–Kier alpha value is -3.35. The maximum Gasteiger partial charge on any atom is 0.408 e. The smallest absolute Gasteiger partial charge is 0.408 e. The number of anilines is 1. The number of ether oxygens (including phenoxy) is 1. The van der Waals surface area contributed by atoms with Gasteiger partial charge in [-0.15, -0.1) is 0 Å². The maximum absolute atomic E-state index is 13.8. The molecule has 1 fully saturated rings. The molecule has 1 aliphatic rings. The summed E-state index contributed by atoms with van der Waals surface area (Å²) < 4.78 is 5.33. The molecule has 7 heteroatoms. The molecule has 1 aliphatic carbocycles. The average molecular weight is 480 g/mol. The number of hydrogen-bond donors (Lipinski definition) is 2. The monoisotopic (exact) mass is 479 g/mol. The Morgan fingerprint density at radius 1 is 1.00 bits per heavy atom. The van der Waals surface area contributed by atoms with Crippen LogP contribution in [0.15, 0.2) is 42.5 Å². The highest BCUT2D eigenvalue weighted by Gasteiger charge is 2.43. The van der Waals surface area contributed by atoms with Crippen LogP contribution in [0.1, 0.15) is 68.8 Å². The molecular weight excluding hydrogens is 442 g/mol. The number of rotatable bonds is 7. The van der Waals surface area contributed by atoms with Crippen LogP contribution in [-0.4, -0.2) is 40.5 Å². The van der Waals surface area contributed by atoms with Crippen molar-refractivity contribution in [3.05, 3.63) is 64.7 Å². The first-order valence-electron chi connectivity index (χ1n) is 12.1. The summed E-state index contributed by atoms with van der Waals surface area (Å²) in [5, 5.41) is 5.67. The van der Waals surface area contributed by atoms with E-state index in [-0.39, 0.29) is 17.9 Å². The van der Waals surface area contributed by atoms with E-state index in [0.717, 1.165) is 35.1 Å². The van der Waals surface area contributed by atoms with Gasteiger partial charge in [0, 0.05) is 11.7 Å². The normalized spacial score (nSPS) is 15.1. The number of aryl methyl sites for hydroxylation is 3. The number of nitrogens with one attached hydrogen (secondary N) is 2. The summed E-state index contributed by atoms with van der Waals surface area (Å²) in [5.74, 6) is -0.600. The standard InChI is InChI=1S/C28H37N3O4/c1-17-14-18(2)16-21(15-17)24(25(32)30-23-11-9-8-10-19(23)3)31(22-12-13-22)26(33)20(4)29-27(34)35-28(5,6)7/h8-11,14-16,20,22,24H,12-13H2,1-7H3,(H,29,34)(H,30,32). The predicted octanol–water partition coefficient (Wildman–Crippen LogP) is 5.20. The van der Waals surface area contributed by atoms with Crippen LogP contribution in [-0.2, 0) is 14.3 Å². The molecule has 0 radical (unpaired) electrons. The van der Waals surface area contributed by atoms with E-state index in [2.05, 4.69) is 10.6 Å². The molecule has 2 aromatic rings. The lowest BCUT2D eigenvalue weighted by atomic mass is 9.98. The lowest BCUT2D eigenvalue weighted by Gasteiger charge is -2.34. The third kappa shape index (κ3) is 7.07. The number of carbonyl (C=O) groups excluding carboxylic acids is 3. The molecule has 3 amide bonds. The lowest BCUT2D eigenvalue weighted by Crippen LogP contribution is -2.52. The number of amides is 3. The van der Waals surface area contributed by atoms with Gasteiger partial charge in [0.15, 0.2) is 0 Å². The summed E-state index contributed by atoms with van der Waals surface area (Å²) in [6.07, 6.45) is 0.953. The molecule has 2 aromatic carbocycles. The van der Waals surface area contributed by atoms with E-state index in [0.29, 0.717) is 5.69 Å². The van der Waals surface area contributed by atoms with Gasteiger partial charge < -0.3 is 20.3 Å². The Morgan fingerprint density at radius 3 is 2.14 bits per heavy atom. The summed E-state index contributed by atoms with van der Waals surface area (Å²) in [5.41, 5.74) is 3.73. The zero-order valence-electron chi connectivity index (χ0n) is 21.8. The molecule has 2 atom stereocenters. The van der Waals surface area contributed by atoms with Gasteiger partial charge in [-0.3, -0.25) is 9.59 Å². The molecule has 0 bridgehead atoms. The first-order valence-corrected chi connectivity index (χ1v) is 12.1. The van der Waals surface area contributed by atoms with Crippen molar-refractivity contribution in [2.75, 3.05) is 5.32 Å². The van der Waals surface area contributed by atoms with Crippen molar-refractivity contribution in [3.63, 3.8) is 0 Å². The number of hydrogen-bond acceptors (Lipinski definition) is 4. The van der Waals surface area contributed by atoms with Gasteiger partial charge >= 0.3 is 6.09 Å². The fourth-order valence-corrected chi connectivity index (χ4v) is 4.16. The van der Waals surface area contributed by atoms with E-state index < -0.39 is 23.8 Å². The minimum Gasteiger partial charge on any atom is -0.444 e. The Bertz CT molecular complexity index is 1080. The van der Waals surface area contributed by atoms with E-state index >= 15 is 0 Å². The quantitative estimate of drug-likeness (QED) is 0.572. The molecule has 2 N–H and O–H groups in total. The van der Waals surface area contributed by atoms with Crippen molar-refractivity contribution in [3.8, 4) is 0 Å². The van der Waals surface area contributed by atoms with E-state index in [1.165, 1.54) is 0 Å². The van der Waals surface area contributed by atoms with Gasteiger partial charge in [0.25, 0.3) is 5.91 Å². The molecule has 0 saturated heterocycles. The number of benzene rings is 2. The molecule has 1 saturated carbocycles. The lowest BCUT2D eigenvalue weighted by molar-refractivity contribution is -0.141. The first kappa shape index (κ1) is 26.3. The third-order valence-electron chi connectivity index (χ3n) is 5.79. The summed E-state index contributed by atoms with van der Waals surface area (Å²) in [7, 11) is 0. The minimum atomic E-state index is -0.856. The molecule has 0 heterocycles. The number of alkyl carbamates (subject to hydrolysis) is 1. The van der Waals surface area contributed by atoms with Gasteiger partial charge in [-0.1, -0.05) is 47.5 Å². The molecule has 0 aromatic heterocycles. The fraction of sp³-hybridized carbons (Fsp3) is 0.464. The Labute approximate surface area is 208 Å². The summed E-state index contributed by atoms with van der Waals surface area (Å²) in [4.78, 5) is 41.5. The van der Waals surface area contributed by atoms with Gasteiger partial charge in [0.05, 0.1) is 0 Å². The highest BCUT2D eigenvalue weighted by Crippen LogP contribution is 2.36. The highest BCUT2D eigenvalue weighted by molar-refractivity contribution is 5.99. The molecule has 2 unspecified atom stereocenters. The third-order valence-corrected chi connectivity index (χ3v) is 5.79. The van der Waals surface area contributed by atoms with E-state index in [9.17, 15) is 14.4 Å².